The lowest BCUT2D eigenvalue weighted by molar-refractivity contribution is 0.670. The van der Waals surface area contributed by atoms with Crippen molar-refractivity contribution in [3.63, 3.8) is 0 Å². The first-order valence-corrected chi connectivity index (χ1v) is 18.0. The fourth-order valence-corrected chi connectivity index (χ4v) is 8.19. The molecule has 0 N–H and O–H groups in total. The molecule has 3 heteroatoms. The van der Waals surface area contributed by atoms with E-state index >= 15 is 0 Å². The second-order valence-electron chi connectivity index (χ2n) is 13.7. The lowest BCUT2D eigenvalue weighted by Gasteiger charge is -2.15. The van der Waals surface area contributed by atoms with Crippen LogP contribution < -0.4 is 0 Å². The van der Waals surface area contributed by atoms with Crippen LogP contribution >= 0.6 is 0 Å². The first-order chi connectivity index (χ1) is 26.3. The highest BCUT2D eigenvalue weighted by Gasteiger charge is 2.20. The minimum Gasteiger partial charge on any atom is -0.455 e. The first kappa shape index (κ1) is 29.6. The van der Waals surface area contributed by atoms with Crippen molar-refractivity contribution in [3.8, 4) is 44.6 Å². The standard InChI is InChI=1S/C50H30N2O/c1-3-13-31(14-4-1)33-23-25-39-42(27-33)43-28-34(32-15-5-2-6-16-32)24-26-40(43)49-48(39)51-30-45(52-49)38-20-10-9-19-37(38)44-29-35-17-7-8-18-36(35)47-41-21-11-12-22-46(41)53-50(44)47/h1-30H. The molecule has 0 bridgehead atoms. The van der Waals surface area contributed by atoms with Crippen molar-refractivity contribution in [2.75, 3.05) is 0 Å². The molecular formula is C50H30N2O. The monoisotopic (exact) mass is 674 g/mol. The first-order valence-electron chi connectivity index (χ1n) is 18.0. The molecule has 53 heavy (non-hydrogen) atoms. The highest BCUT2D eigenvalue weighted by Crippen LogP contribution is 2.44. The zero-order chi connectivity index (χ0) is 34.9. The molecule has 0 saturated carbocycles. The van der Waals surface area contributed by atoms with E-state index in [0.717, 1.165) is 76.9 Å². The minimum atomic E-state index is 0.819. The molecule has 9 aromatic carbocycles. The van der Waals surface area contributed by atoms with E-state index in [-0.39, 0.29) is 0 Å². The van der Waals surface area contributed by atoms with Crippen molar-refractivity contribution >= 4 is 65.3 Å². The molecule has 0 saturated heterocycles. The van der Waals surface area contributed by atoms with Crippen LogP contribution in [-0.2, 0) is 0 Å². The van der Waals surface area contributed by atoms with E-state index in [2.05, 4.69) is 170 Å². The van der Waals surface area contributed by atoms with E-state index < -0.39 is 0 Å². The molecule has 0 amide bonds. The summed E-state index contributed by atoms with van der Waals surface area (Å²) in [6.45, 7) is 0. The van der Waals surface area contributed by atoms with Crippen molar-refractivity contribution in [1.82, 2.24) is 9.97 Å². The van der Waals surface area contributed by atoms with Crippen LogP contribution in [0.15, 0.2) is 187 Å². The predicted molar refractivity (Wildman–Crippen MR) is 221 cm³/mol. The summed E-state index contributed by atoms with van der Waals surface area (Å²) < 4.78 is 6.67. The SMILES string of the molecule is c1ccc(-c2ccc3c(c2)c2cc(-c4ccccc4)ccc2c2nc(-c4ccccc4-c4cc5ccccc5c5c4oc4ccccc45)cnc32)cc1. The number of aromatic nitrogens is 2. The molecule has 2 heterocycles. The Morgan fingerprint density at radius 3 is 1.68 bits per heavy atom. The van der Waals surface area contributed by atoms with Crippen LogP contribution in [-0.4, -0.2) is 9.97 Å². The van der Waals surface area contributed by atoms with Gasteiger partial charge in [0.25, 0.3) is 0 Å². The third-order valence-corrected chi connectivity index (χ3v) is 10.7. The summed E-state index contributed by atoms with van der Waals surface area (Å²) in [7, 11) is 0. The summed E-state index contributed by atoms with van der Waals surface area (Å²) in [5.41, 5.74) is 12.2. The Bertz CT molecular complexity index is 3220. The van der Waals surface area contributed by atoms with Crippen LogP contribution in [0.1, 0.15) is 0 Å². The molecule has 0 unspecified atom stereocenters. The van der Waals surface area contributed by atoms with Crippen molar-refractivity contribution in [2.24, 2.45) is 0 Å². The molecule has 0 aliphatic carbocycles. The van der Waals surface area contributed by atoms with E-state index in [1.54, 1.807) is 0 Å². The Hall–Kier alpha value is -7.10. The Morgan fingerprint density at radius 1 is 0.377 bits per heavy atom. The third kappa shape index (κ3) is 4.68. The van der Waals surface area contributed by atoms with E-state index in [4.69, 9.17) is 14.4 Å². The van der Waals surface area contributed by atoms with Gasteiger partial charge in [0.2, 0.25) is 0 Å². The zero-order valence-corrected chi connectivity index (χ0v) is 28.6. The Labute approximate surface area is 305 Å². The van der Waals surface area contributed by atoms with Crippen LogP contribution in [0, 0.1) is 0 Å². The van der Waals surface area contributed by atoms with Gasteiger partial charge in [-0.25, -0.2) is 4.98 Å². The van der Waals surface area contributed by atoms with E-state index in [1.165, 1.54) is 33.0 Å². The van der Waals surface area contributed by atoms with Gasteiger partial charge in [-0.05, 0) is 73.6 Å². The molecule has 11 aromatic rings. The van der Waals surface area contributed by atoms with Gasteiger partial charge in [0.15, 0.2) is 0 Å². The van der Waals surface area contributed by atoms with Crippen molar-refractivity contribution < 1.29 is 4.42 Å². The van der Waals surface area contributed by atoms with Gasteiger partial charge in [0, 0.05) is 32.7 Å². The summed E-state index contributed by atoms with van der Waals surface area (Å²) in [5, 5.41) is 9.09. The van der Waals surface area contributed by atoms with Gasteiger partial charge in [0.1, 0.15) is 11.2 Å². The van der Waals surface area contributed by atoms with E-state index in [9.17, 15) is 0 Å². The smallest absolute Gasteiger partial charge is 0.143 e. The molecule has 0 aliphatic heterocycles. The molecule has 0 fully saturated rings. The van der Waals surface area contributed by atoms with Crippen LogP contribution in [0.4, 0.5) is 0 Å². The lowest BCUT2D eigenvalue weighted by atomic mass is 9.92. The normalized spacial score (nSPS) is 11.8. The third-order valence-electron chi connectivity index (χ3n) is 10.7. The van der Waals surface area contributed by atoms with E-state index in [0.29, 0.717) is 0 Å². The molecule has 11 rings (SSSR count). The zero-order valence-electron chi connectivity index (χ0n) is 28.6. The average molecular weight is 675 g/mol. The molecule has 0 aliphatic rings. The van der Waals surface area contributed by atoms with Crippen molar-refractivity contribution in [3.05, 3.63) is 182 Å². The molecule has 246 valence electrons. The van der Waals surface area contributed by atoms with Gasteiger partial charge >= 0.3 is 0 Å². The fraction of sp³-hybridized carbons (Fsp3) is 0. The second-order valence-corrected chi connectivity index (χ2v) is 13.7. The lowest BCUT2D eigenvalue weighted by Crippen LogP contribution is -1.95. The number of nitrogens with zero attached hydrogens (tertiary/aromatic N) is 2. The fourth-order valence-electron chi connectivity index (χ4n) is 8.19. The number of fused-ring (bicyclic) bond motifs is 11. The maximum Gasteiger partial charge on any atom is 0.143 e. The summed E-state index contributed by atoms with van der Waals surface area (Å²) in [6, 6.07) is 62.3. The number of furan rings is 1. The number of hydrogen-bond acceptors (Lipinski definition) is 3. The maximum atomic E-state index is 6.67. The van der Waals surface area contributed by atoms with Gasteiger partial charge in [-0.15, -0.1) is 0 Å². The largest absolute Gasteiger partial charge is 0.455 e. The molecule has 0 atom stereocenters. The minimum absolute atomic E-state index is 0.819. The van der Waals surface area contributed by atoms with Gasteiger partial charge in [0.05, 0.1) is 22.9 Å². The van der Waals surface area contributed by atoms with Crippen LogP contribution in [0.2, 0.25) is 0 Å². The topological polar surface area (TPSA) is 38.9 Å². The molecule has 0 spiro atoms. The quantitative estimate of drug-likeness (QED) is 0.174. The average Bonchev–Trinajstić information content (AvgIpc) is 3.64. The highest BCUT2D eigenvalue weighted by atomic mass is 16.3. The highest BCUT2D eigenvalue weighted by molar-refractivity contribution is 6.25. The van der Waals surface area contributed by atoms with Gasteiger partial charge < -0.3 is 4.42 Å². The van der Waals surface area contributed by atoms with Crippen LogP contribution in [0.5, 0.6) is 0 Å². The van der Waals surface area contributed by atoms with Gasteiger partial charge in [-0.2, -0.15) is 0 Å². The Morgan fingerprint density at radius 2 is 0.962 bits per heavy atom. The molecule has 2 aromatic heterocycles. The molecule has 0 radical (unpaired) electrons. The number of hydrogen-bond donors (Lipinski definition) is 0. The van der Waals surface area contributed by atoms with Gasteiger partial charge in [-0.3, -0.25) is 4.98 Å². The summed E-state index contributed by atoms with van der Waals surface area (Å²) >= 11 is 0. The van der Waals surface area contributed by atoms with Crippen LogP contribution in [0.25, 0.3) is 110 Å². The van der Waals surface area contributed by atoms with Crippen molar-refractivity contribution in [2.45, 2.75) is 0 Å². The Kier molecular flexibility index (Phi) is 6.55. The molecule has 3 nitrogen and oxygen atoms in total. The van der Waals surface area contributed by atoms with Gasteiger partial charge in [-0.1, -0.05) is 152 Å². The summed E-state index contributed by atoms with van der Waals surface area (Å²) in [5.74, 6) is 0. The predicted octanol–water partition coefficient (Wildman–Crippen LogP) is 13.7. The number of benzene rings is 9. The molecular weight excluding hydrogens is 645 g/mol. The van der Waals surface area contributed by atoms with Crippen LogP contribution in [0.3, 0.4) is 0 Å². The summed E-state index contributed by atoms with van der Waals surface area (Å²) in [4.78, 5) is 10.7. The summed E-state index contributed by atoms with van der Waals surface area (Å²) in [6.07, 6.45) is 1.94. The Balaban J connectivity index is 1.17. The van der Waals surface area contributed by atoms with E-state index in [1.807, 2.05) is 12.3 Å². The second kappa shape index (κ2) is 11.7. The number of rotatable bonds is 4. The number of para-hydroxylation sites is 1. The maximum absolute atomic E-state index is 6.67. The van der Waals surface area contributed by atoms with Crippen molar-refractivity contribution in [1.29, 1.82) is 0 Å².